The molecule has 0 fully saturated rings. The molecule has 0 radical (unpaired) electrons. The number of aryl methyl sites for hydroxylation is 2. The van der Waals surface area contributed by atoms with Crippen molar-refractivity contribution in [3.8, 4) is 0 Å². The first-order chi connectivity index (χ1) is 8.38. The number of likely N-dealkylation sites (N-methyl/N-ethyl adjacent to an activating group) is 1. The third-order valence-electron chi connectivity index (χ3n) is 2.99. The van der Waals surface area contributed by atoms with Gasteiger partial charge in [-0.05, 0) is 39.8 Å². The zero-order valence-corrected chi connectivity index (χ0v) is 11.8. The smallest absolute Gasteiger partial charge is 0.0802 e. The van der Waals surface area contributed by atoms with E-state index in [2.05, 4.69) is 6.07 Å². The standard InChI is InChI=1S/C15H25NO2/c1-11-7-12(2)9-14(8-11)15(18)5-6-16(4)10-13(3)17/h7-9,13,15,17-18H,5-6,10H2,1-4H3. The molecule has 0 aromatic heterocycles. The molecule has 102 valence electrons. The lowest BCUT2D eigenvalue weighted by Gasteiger charge is -2.20. The van der Waals surface area contributed by atoms with Gasteiger partial charge < -0.3 is 15.1 Å². The van der Waals surface area contributed by atoms with Crippen LogP contribution in [0.4, 0.5) is 0 Å². The van der Waals surface area contributed by atoms with E-state index in [0.717, 1.165) is 12.1 Å². The minimum atomic E-state index is -0.431. The van der Waals surface area contributed by atoms with Crippen LogP contribution in [0, 0.1) is 13.8 Å². The molecule has 0 spiro atoms. The number of hydrogen-bond donors (Lipinski definition) is 2. The minimum absolute atomic E-state index is 0.326. The van der Waals surface area contributed by atoms with Crippen LogP contribution in [0.1, 0.15) is 36.1 Å². The van der Waals surface area contributed by atoms with Gasteiger partial charge in [-0.2, -0.15) is 0 Å². The molecule has 1 aromatic carbocycles. The molecule has 2 unspecified atom stereocenters. The Morgan fingerprint density at radius 2 is 1.67 bits per heavy atom. The zero-order chi connectivity index (χ0) is 13.7. The van der Waals surface area contributed by atoms with Gasteiger partial charge in [0, 0.05) is 13.1 Å². The molecule has 2 N–H and O–H groups in total. The number of nitrogens with zero attached hydrogens (tertiary/aromatic N) is 1. The Bertz CT molecular complexity index is 357. The van der Waals surface area contributed by atoms with Crippen LogP contribution in [0.3, 0.4) is 0 Å². The van der Waals surface area contributed by atoms with E-state index in [9.17, 15) is 10.2 Å². The molecule has 0 heterocycles. The van der Waals surface area contributed by atoms with Crippen molar-refractivity contribution in [1.29, 1.82) is 0 Å². The minimum Gasteiger partial charge on any atom is -0.392 e. The maximum Gasteiger partial charge on any atom is 0.0802 e. The highest BCUT2D eigenvalue weighted by Crippen LogP contribution is 2.19. The van der Waals surface area contributed by atoms with Gasteiger partial charge in [-0.25, -0.2) is 0 Å². The molecule has 0 amide bonds. The molecule has 0 aliphatic heterocycles. The first-order valence-electron chi connectivity index (χ1n) is 6.51. The van der Waals surface area contributed by atoms with Gasteiger partial charge in [-0.3, -0.25) is 0 Å². The van der Waals surface area contributed by atoms with Crippen molar-refractivity contribution >= 4 is 0 Å². The fourth-order valence-electron chi connectivity index (χ4n) is 2.25. The molecule has 0 bridgehead atoms. The van der Waals surface area contributed by atoms with Crippen LogP contribution in [0.2, 0.25) is 0 Å². The van der Waals surface area contributed by atoms with Gasteiger partial charge in [0.2, 0.25) is 0 Å². The average Bonchev–Trinajstić information content (AvgIpc) is 2.23. The second-order valence-corrected chi connectivity index (χ2v) is 5.34. The van der Waals surface area contributed by atoms with E-state index in [1.807, 2.05) is 37.9 Å². The summed E-state index contributed by atoms with van der Waals surface area (Å²) in [5.41, 5.74) is 3.35. The highest BCUT2D eigenvalue weighted by Gasteiger charge is 2.10. The quantitative estimate of drug-likeness (QED) is 0.813. The Labute approximate surface area is 110 Å². The molecule has 1 rings (SSSR count). The van der Waals surface area contributed by atoms with Crippen molar-refractivity contribution in [1.82, 2.24) is 4.90 Å². The van der Waals surface area contributed by atoms with E-state index in [4.69, 9.17) is 0 Å². The molecule has 1 aromatic rings. The van der Waals surface area contributed by atoms with Gasteiger partial charge in [0.25, 0.3) is 0 Å². The fourth-order valence-corrected chi connectivity index (χ4v) is 2.25. The number of aliphatic hydroxyl groups is 2. The first-order valence-corrected chi connectivity index (χ1v) is 6.51. The molecule has 0 saturated carbocycles. The summed E-state index contributed by atoms with van der Waals surface area (Å²) < 4.78 is 0. The number of rotatable bonds is 6. The summed E-state index contributed by atoms with van der Waals surface area (Å²) in [6.07, 6.45) is -0.0695. The fraction of sp³-hybridized carbons (Fsp3) is 0.600. The summed E-state index contributed by atoms with van der Waals surface area (Å²) in [5.74, 6) is 0. The van der Waals surface area contributed by atoms with Crippen LogP contribution in [0.5, 0.6) is 0 Å². The Hall–Kier alpha value is -0.900. The highest BCUT2D eigenvalue weighted by atomic mass is 16.3. The van der Waals surface area contributed by atoms with Crippen molar-refractivity contribution in [2.45, 2.75) is 39.4 Å². The maximum absolute atomic E-state index is 10.2. The molecule has 0 aliphatic carbocycles. The van der Waals surface area contributed by atoms with Gasteiger partial charge >= 0.3 is 0 Å². The second-order valence-electron chi connectivity index (χ2n) is 5.34. The maximum atomic E-state index is 10.2. The van der Waals surface area contributed by atoms with E-state index in [0.29, 0.717) is 13.0 Å². The molecular weight excluding hydrogens is 226 g/mol. The van der Waals surface area contributed by atoms with Crippen molar-refractivity contribution < 1.29 is 10.2 Å². The summed E-state index contributed by atoms with van der Waals surface area (Å²) >= 11 is 0. The normalized spacial score (nSPS) is 14.8. The lowest BCUT2D eigenvalue weighted by Crippen LogP contribution is -2.28. The number of aliphatic hydroxyl groups excluding tert-OH is 2. The van der Waals surface area contributed by atoms with Gasteiger partial charge in [-0.15, -0.1) is 0 Å². The summed E-state index contributed by atoms with van der Waals surface area (Å²) in [5, 5.41) is 19.4. The zero-order valence-electron chi connectivity index (χ0n) is 11.8. The third-order valence-corrected chi connectivity index (χ3v) is 2.99. The highest BCUT2D eigenvalue weighted by molar-refractivity contribution is 5.29. The Balaban J connectivity index is 2.52. The van der Waals surface area contributed by atoms with E-state index < -0.39 is 6.10 Å². The summed E-state index contributed by atoms with van der Waals surface area (Å²) in [4.78, 5) is 2.04. The van der Waals surface area contributed by atoms with Crippen molar-refractivity contribution in [2.75, 3.05) is 20.1 Å². The lowest BCUT2D eigenvalue weighted by atomic mass is 10.0. The molecule has 3 heteroatoms. The van der Waals surface area contributed by atoms with Crippen molar-refractivity contribution in [3.05, 3.63) is 34.9 Å². The van der Waals surface area contributed by atoms with E-state index in [-0.39, 0.29) is 6.10 Å². The third kappa shape index (κ3) is 5.17. The number of benzene rings is 1. The van der Waals surface area contributed by atoms with E-state index in [1.165, 1.54) is 11.1 Å². The van der Waals surface area contributed by atoms with Gasteiger partial charge in [0.1, 0.15) is 0 Å². The molecule has 0 aliphatic rings. The first kappa shape index (κ1) is 15.2. The van der Waals surface area contributed by atoms with Crippen LogP contribution in [0.25, 0.3) is 0 Å². The number of hydrogen-bond acceptors (Lipinski definition) is 3. The Morgan fingerprint density at radius 3 is 2.17 bits per heavy atom. The largest absolute Gasteiger partial charge is 0.392 e. The lowest BCUT2D eigenvalue weighted by molar-refractivity contribution is 0.116. The van der Waals surface area contributed by atoms with Gasteiger partial charge in [-0.1, -0.05) is 29.3 Å². The van der Waals surface area contributed by atoms with Crippen LogP contribution in [-0.2, 0) is 0 Å². The summed E-state index contributed by atoms with van der Waals surface area (Å²) in [7, 11) is 1.96. The summed E-state index contributed by atoms with van der Waals surface area (Å²) in [6, 6.07) is 6.18. The predicted molar refractivity (Wildman–Crippen MR) is 74.7 cm³/mol. The van der Waals surface area contributed by atoms with Crippen LogP contribution >= 0.6 is 0 Å². The predicted octanol–water partition coefficient (Wildman–Crippen LogP) is 2.04. The summed E-state index contributed by atoms with van der Waals surface area (Å²) in [6.45, 7) is 7.28. The average molecular weight is 251 g/mol. The van der Waals surface area contributed by atoms with Crippen LogP contribution < -0.4 is 0 Å². The Kier molecular flexibility index (Phi) is 5.79. The molecule has 18 heavy (non-hydrogen) atoms. The SMILES string of the molecule is Cc1cc(C)cc(C(O)CCN(C)CC(C)O)c1. The van der Waals surface area contributed by atoms with Crippen molar-refractivity contribution in [2.24, 2.45) is 0 Å². The molecule has 2 atom stereocenters. The van der Waals surface area contributed by atoms with Crippen LogP contribution in [0.15, 0.2) is 18.2 Å². The molecule has 3 nitrogen and oxygen atoms in total. The molecule has 0 saturated heterocycles. The Morgan fingerprint density at radius 1 is 1.11 bits per heavy atom. The van der Waals surface area contributed by atoms with Gasteiger partial charge in [0.05, 0.1) is 12.2 Å². The monoisotopic (exact) mass is 251 g/mol. The van der Waals surface area contributed by atoms with Crippen LogP contribution in [-0.4, -0.2) is 41.4 Å². The topological polar surface area (TPSA) is 43.7 Å². The van der Waals surface area contributed by atoms with E-state index in [1.54, 1.807) is 6.92 Å². The second kappa shape index (κ2) is 6.88. The van der Waals surface area contributed by atoms with Gasteiger partial charge in [0.15, 0.2) is 0 Å². The van der Waals surface area contributed by atoms with E-state index >= 15 is 0 Å². The molecular formula is C15H25NO2. The van der Waals surface area contributed by atoms with Crippen molar-refractivity contribution in [3.63, 3.8) is 0 Å².